The monoisotopic (exact) mass is 352 g/mol. The molecule has 2 saturated carbocycles. The van der Waals surface area contributed by atoms with Crippen molar-refractivity contribution in [1.82, 2.24) is 15.0 Å². The van der Waals surface area contributed by atoms with Crippen molar-refractivity contribution in [1.29, 1.82) is 0 Å². The quantitative estimate of drug-likeness (QED) is 0.830. The Morgan fingerprint density at radius 3 is 2.88 bits per heavy atom. The summed E-state index contributed by atoms with van der Waals surface area (Å²) >= 11 is 0. The van der Waals surface area contributed by atoms with Gasteiger partial charge in [0.1, 0.15) is 5.82 Å². The summed E-state index contributed by atoms with van der Waals surface area (Å²) in [6.45, 7) is 4.98. The minimum Gasteiger partial charge on any atom is -0.329 e. The number of carbonyl (C=O) groups excluding carboxylic acids is 1. The number of amides is 1. The smallest absolute Gasteiger partial charge is 0.271 e. The van der Waals surface area contributed by atoms with Gasteiger partial charge < -0.3 is 4.57 Å². The second kappa shape index (κ2) is 7.22. The van der Waals surface area contributed by atoms with Crippen molar-refractivity contribution in [2.75, 3.05) is 0 Å². The number of nitrogens with zero attached hydrogens (tertiary/aromatic N) is 3. The zero-order valence-electron chi connectivity index (χ0n) is 15.8. The standard InChI is InChI=1S/C21H28N4O/c1-3-25-14(2)22-19-13-17(9-11-20(19)25)21(26)24-23-18-10-8-15-6-4-5-7-16(15)12-18/h9,11,13,15-16H,3-8,10,12H2,1-2H3,(H,24,26)/b23-18-/t15-,16+/m1/s1. The van der Waals surface area contributed by atoms with Gasteiger partial charge in [-0.3, -0.25) is 4.79 Å². The van der Waals surface area contributed by atoms with Crippen LogP contribution in [-0.4, -0.2) is 21.2 Å². The first-order chi connectivity index (χ1) is 12.7. The first-order valence-corrected chi connectivity index (χ1v) is 9.98. The third-order valence-electron chi connectivity index (χ3n) is 6.20. The summed E-state index contributed by atoms with van der Waals surface area (Å²) in [4.78, 5) is 17.1. The Kier molecular flexibility index (Phi) is 4.79. The van der Waals surface area contributed by atoms with E-state index in [-0.39, 0.29) is 5.91 Å². The molecule has 2 aliphatic rings. The average Bonchev–Trinajstić information content (AvgIpc) is 2.99. The summed E-state index contributed by atoms with van der Waals surface area (Å²) in [7, 11) is 0. The van der Waals surface area contributed by atoms with E-state index in [0.717, 1.165) is 53.8 Å². The minimum absolute atomic E-state index is 0.145. The van der Waals surface area contributed by atoms with E-state index >= 15 is 0 Å². The summed E-state index contributed by atoms with van der Waals surface area (Å²) in [5.74, 6) is 2.50. The molecule has 2 aliphatic carbocycles. The van der Waals surface area contributed by atoms with Gasteiger partial charge in [-0.1, -0.05) is 19.3 Å². The molecule has 0 radical (unpaired) electrons. The molecule has 1 aromatic carbocycles. The molecule has 0 aliphatic heterocycles. The van der Waals surface area contributed by atoms with Crippen LogP contribution >= 0.6 is 0 Å². The molecule has 138 valence electrons. The first kappa shape index (κ1) is 17.3. The maximum atomic E-state index is 12.5. The van der Waals surface area contributed by atoms with Crippen molar-refractivity contribution in [2.24, 2.45) is 16.9 Å². The number of aromatic nitrogens is 2. The molecule has 0 spiro atoms. The Hall–Kier alpha value is -2.17. The number of aryl methyl sites for hydroxylation is 2. The van der Waals surface area contributed by atoms with Gasteiger partial charge in [-0.15, -0.1) is 0 Å². The summed E-state index contributed by atoms with van der Waals surface area (Å²) < 4.78 is 2.15. The van der Waals surface area contributed by atoms with Crippen molar-refractivity contribution >= 4 is 22.7 Å². The van der Waals surface area contributed by atoms with Crippen LogP contribution in [0.2, 0.25) is 0 Å². The van der Waals surface area contributed by atoms with E-state index in [1.54, 1.807) is 0 Å². The van der Waals surface area contributed by atoms with Gasteiger partial charge in [0.05, 0.1) is 11.0 Å². The number of hydrazone groups is 1. The normalized spacial score (nSPS) is 24.6. The molecule has 1 amide bonds. The van der Waals surface area contributed by atoms with Crippen molar-refractivity contribution in [3.05, 3.63) is 29.6 Å². The molecular formula is C21H28N4O. The number of rotatable bonds is 3. The maximum Gasteiger partial charge on any atom is 0.271 e. The van der Waals surface area contributed by atoms with Crippen LogP contribution < -0.4 is 5.43 Å². The molecule has 1 heterocycles. The molecule has 1 aromatic heterocycles. The number of imidazole rings is 1. The fraction of sp³-hybridized carbons (Fsp3) is 0.571. The van der Waals surface area contributed by atoms with Gasteiger partial charge in [0, 0.05) is 17.8 Å². The third kappa shape index (κ3) is 3.27. The lowest BCUT2D eigenvalue weighted by Crippen LogP contribution is -2.29. The highest BCUT2D eigenvalue weighted by Crippen LogP contribution is 2.39. The van der Waals surface area contributed by atoms with Crippen LogP contribution in [0.3, 0.4) is 0 Å². The number of fused-ring (bicyclic) bond motifs is 2. The lowest BCUT2D eigenvalue weighted by atomic mass is 9.70. The van der Waals surface area contributed by atoms with Crippen LogP contribution in [0.5, 0.6) is 0 Å². The number of benzene rings is 1. The molecular weight excluding hydrogens is 324 g/mol. The maximum absolute atomic E-state index is 12.5. The summed E-state index contributed by atoms with van der Waals surface area (Å²) in [6.07, 6.45) is 8.77. The molecule has 26 heavy (non-hydrogen) atoms. The van der Waals surface area contributed by atoms with E-state index in [2.05, 4.69) is 27.0 Å². The van der Waals surface area contributed by atoms with E-state index in [1.165, 1.54) is 32.1 Å². The van der Waals surface area contributed by atoms with Crippen LogP contribution in [-0.2, 0) is 6.54 Å². The van der Waals surface area contributed by atoms with E-state index in [9.17, 15) is 4.79 Å². The van der Waals surface area contributed by atoms with Crippen molar-refractivity contribution in [3.8, 4) is 0 Å². The second-order valence-electron chi connectivity index (χ2n) is 7.77. The van der Waals surface area contributed by atoms with E-state index in [4.69, 9.17) is 0 Å². The van der Waals surface area contributed by atoms with Crippen molar-refractivity contribution < 1.29 is 4.79 Å². The van der Waals surface area contributed by atoms with Crippen molar-refractivity contribution in [2.45, 2.75) is 65.3 Å². The zero-order valence-corrected chi connectivity index (χ0v) is 15.8. The van der Waals surface area contributed by atoms with Gasteiger partial charge in [0.2, 0.25) is 0 Å². The van der Waals surface area contributed by atoms with Crippen molar-refractivity contribution in [3.63, 3.8) is 0 Å². The molecule has 2 aromatic rings. The van der Waals surface area contributed by atoms with E-state index in [1.807, 2.05) is 25.1 Å². The average molecular weight is 352 g/mol. The molecule has 0 bridgehead atoms. The lowest BCUT2D eigenvalue weighted by Gasteiger charge is -2.35. The summed E-state index contributed by atoms with van der Waals surface area (Å²) in [6, 6.07) is 5.71. The fourth-order valence-electron chi connectivity index (χ4n) is 4.78. The van der Waals surface area contributed by atoms with Crippen LogP contribution in [0.25, 0.3) is 11.0 Å². The Morgan fingerprint density at radius 2 is 2.08 bits per heavy atom. The number of carbonyl (C=O) groups is 1. The summed E-state index contributed by atoms with van der Waals surface area (Å²) in [5.41, 5.74) is 6.50. The lowest BCUT2D eigenvalue weighted by molar-refractivity contribution is 0.0954. The molecule has 5 nitrogen and oxygen atoms in total. The van der Waals surface area contributed by atoms with E-state index in [0.29, 0.717) is 5.56 Å². The predicted octanol–water partition coefficient (Wildman–Crippen LogP) is 4.44. The van der Waals surface area contributed by atoms with Gasteiger partial charge in [0.15, 0.2) is 0 Å². The van der Waals surface area contributed by atoms with Crippen LogP contribution in [0.4, 0.5) is 0 Å². The molecule has 2 fully saturated rings. The molecule has 5 heteroatoms. The highest BCUT2D eigenvalue weighted by Gasteiger charge is 2.30. The number of nitrogens with one attached hydrogen (secondary N) is 1. The van der Waals surface area contributed by atoms with Crippen LogP contribution in [0, 0.1) is 18.8 Å². The molecule has 0 unspecified atom stereocenters. The SMILES string of the molecule is CCn1c(C)nc2cc(C(=O)N/N=C3/CC[C@H]4CCCC[C@H]4C3)ccc21. The Labute approximate surface area is 154 Å². The highest BCUT2D eigenvalue weighted by molar-refractivity contribution is 5.98. The number of hydrogen-bond acceptors (Lipinski definition) is 3. The third-order valence-corrected chi connectivity index (χ3v) is 6.20. The van der Waals surface area contributed by atoms with E-state index < -0.39 is 0 Å². The van der Waals surface area contributed by atoms with Crippen LogP contribution in [0.15, 0.2) is 23.3 Å². The van der Waals surface area contributed by atoms with Gasteiger partial charge in [0.25, 0.3) is 5.91 Å². The Bertz CT molecular complexity index is 851. The van der Waals surface area contributed by atoms with Crippen LogP contribution in [0.1, 0.15) is 68.1 Å². The van der Waals surface area contributed by atoms with Gasteiger partial charge in [-0.2, -0.15) is 5.10 Å². The molecule has 0 saturated heterocycles. The fourth-order valence-corrected chi connectivity index (χ4v) is 4.78. The topological polar surface area (TPSA) is 59.3 Å². The highest BCUT2D eigenvalue weighted by atomic mass is 16.2. The summed E-state index contributed by atoms with van der Waals surface area (Å²) in [5, 5.41) is 4.46. The van der Waals surface area contributed by atoms with Gasteiger partial charge in [-0.05, 0) is 69.6 Å². The van der Waals surface area contributed by atoms with Gasteiger partial charge >= 0.3 is 0 Å². The second-order valence-corrected chi connectivity index (χ2v) is 7.77. The number of hydrogen-bond donors (Lipinski definition) is 1. The Morgan fingerprint density at radius 1 is 1.27 bits per heavy atom. The molecule has 4 rings (SSSR count). The first-order valence-electron chi connectivity index (χ1n) is 9.98. The zero-order chi connectivity index (χ0) is 18.1. The van der Waals surface area contributed by atoms with Gasteiger partial charge in [-0.25, -0.2) is 10.4 Å². The molecule has 2 atom stereocenters. The predicted molar refractivity (Wildman–Crippen MR) is 104 cm³/mol. The largest absolute Gasteiger partial charge is 0.329 e. The minimum atomic E-state index is -0.145. The molecule has 1 N–H and O–H groups in total. The Balaban J connectivity index is 1.45.